The van der Waals surface area contributed by atoms with E-state index in [0.29, 0.717) is 24.5 Å². The molecule has 1 aromatic carbocycles. The van der Waals surface area contributed by atoms with Crippen LogP contribution in [0.15, 0.2) is 41.1 Å². The van der Waals surface area contributed by atoms with E-state index in [9.17, 15) is 4.79 Å². The van der Waals surface area contributed by atoms with Crippen molar-refractivity contribution in [2.75, 3.05) is 6.61 Å². The minimum absolute atomic E-state index is 0.326. The molecule has 1 heterocycles. The molecular formula is C12H13BrN4O2. The van der Waals surface area contributed by atoms with Gasteiger partial charge in [0, 0.05) is 11.8 Å². The number of ether oxygens (including phenoxy) is 1. The number of rotatable bonds is 5. The average Bonchev–Trinajstić information content (AvgIpc) is 2.84. The minimum atomic E-state index is -0.326. The Morgan fingerprint density at radius 2 is 2.16 bits per heavy atom. The first kappa shape index (κ1) is 13.6. The third kappa shape index (κ3) is 3.80. The molecule has 0 unspecified atom stereocenters. The number of nitrogen functional groups attached to an aromatic ring is 1. The molecule has 0 spiro atoms. The Kier molecular flexibility index (Phi) is 4.53. The summed E-state index contributed by atoms with van der Waals surface area (Å²) in [7, 11) is 0. The van der Waals surface area contributed by atoms with Crippen LogP contribution in [-0.4, -0.2) is 22.3 Å². The molecule has 0 radical (unpaired) electrons. The van der Waals surface area contributed by atoms with Crippen LogP contribution >= 0.6 is 15.9 Å². The van der Waals surface area contributed by atoms with Crippen LogP contribution in [0.3, 0.4) is 0 Å². The maximum atomic E-state index is 11.2. The van der Waals surface area contributed by atoms with Gasteiger partial charge in [-0.15, -0.1) is 0 Å². The molecule has 0 atom stereocenters. The number of amides is 1. The van der Waals surface area contributed by atoms with Crippen LogP contribution in [0.4, 0.5) is 0 Å². The van der Waals surface area contributed by atoms with Crippen molar-refractivity contribution in [2.24, 2.45) is 5.84 Å². The number of nitrogens with zero attached hydrogens (tertiary/aromatic N) is 2. The van der Waals surface area contributed by atoms with Gasteiger partial charge in [0.1, 0.15) is 12.4 Å². The van der Waals surface area contributed by atoms with Crippen LogP contribution in [0.1, 0.15) is 10.4 Å². The fourth-order valence-electron chi connectivity index (χ4n) is 1.50. The first-order valence-electron chi connectivity index (χ1n) is 5.61. The molecule has 2 aromatic rings. The zero-order valence-electron chi connectivity index (χ0n) is 10.0. The quantitative estimate of drug-likeness (QED) is 0.494. The standard InChI is InChI=1S/C12H13BrN4O2/c13-10-7-15-17(8-10)5-6-19-11-3-1-9(2-4-11)12(18)16-14/h1-4,7-8H,5-6,14H2,(H,16,18). The van der Waals surface area contributed by atoms with Crippen molar-refractivity contribution in [3.63, 3.8) is 0 Å². The van der Waals surface area contributed by atoms with E-state index in [1.54, 1.807) is 35.1 Å². The Labute approximate surface area is 118 Å². The van der Waals surface area contributed by atoms with Crippen LogP contribution in [0.2, 0.25) is 0 Å². The first-order chi connectivity index (χ1) is 9.19. The summed E-state index contributed by atoms with van der Waals surface area (Å²) in [6.45, 7) is 1.15. The number of hydrogen-bond acceptors (Lipinski definition) is 4. The number of halogens is 1. The highest BCUT2D eigenvalue weighted by molar-refractivity contribution is 9.10. The maximum Gasteiger partial charge on any atom is 0.265 e. The molecule has 0 bridgehead atoms. The Balaban J connectivity index is 1.84. The molecular weight excluding hydrogens is 312 g/mol. The fraction of sp³-hybridized carbons (Fsp3) is 0.167. The largest absolute Gasteiger partial charge is 0.492 e. The van der Waals surface area contributed by atoms with E-state index in [1.165, 1.54) is 0 Å². The van der Waals surface area contributed by atoms with Crippen LogP contribution in [0.25, 0.3) is 0 Å². The van der Waals surface area contributed by atoms with Gasteiger partial charge in [-0.25, -0.2) is 5.84 Å². The molecule has 1 amide bonds. The van der Waals surface area contributed by atoms with Crippen molar-refractivity contribution in [3.8, 4) is 5.75 Å². The van der Waals surface area contributed by atoms with Crippen molar-refractivity contribution in [3.05, 3.63) is 46.7 Å². The van der Waals surface area contributed by atoms with Gasteiger partial charge in [-0.3, -0.25) is 14.9 Å². The Morgan fingerprint density at radius 1 is 1.42 bits per heavy atom. The van der Waals surface area contributed by atoms with Crippen molar-refractivity contribution in [1.29, 1.82) is 0 Å². The predicted molar refractivity (Wildman–Crippen MR) is 73.5 cm³/mol. The summed E-state index contributed by atoms with van der Waals surface area (Å²) in [6, 6.07) is 6.76. The lowest BCUT2D eigenvalue weighted by atomic mass is 10.2. The lowest BCUT2D eigenvalue weighted by Crippen LogP contribution is -2.29. The topological polar surface area (TPSA) is 82.2 Å². The summed E-state index contributed by atoms with van der Waals surface area (Å²) in [5.74, 6) is 5.41. The van der Waals surface area contributed by atoms with E-state index >= 15 is 0 Å². The third-order valence-corrected chi connectivity index (χ3v) is 2.85. The smallest absolute Gasteiger partial charge is 0.265 e. The summed E-state index contributed by atoms with van der Waals surface area (Å²) in [4.78, 5) is 11.2. The predicted octanol–water partition coefficient (Wildman–Crippen LogP) is 1.33. The molecule has 100 valence electrons. The molecule has 0 aliphatic carbocycles. The van der Waals surface area contributed by atoms with E-state index in [-0.39, 0.29) is 5.91 Å². The number of carbonyl (C=O) groups is 1. The van der Waals surface area contributed by atoms with E-state index in [4.69, 9.17) is 10.6 Å². The molecule has 19 heavy (non-hydrogen) atoms. The highest BCUT2D eigenvalue weighted by atomic mass is 79.9. The van der Waals surface area contributed by atoms with Gasteiger partial charge >= 0.3 is 0 Å². The number of nitrogens with one attached hydrogen (secondary N) is 1. The van der Waals surface area contributed by atoms with Crippen LogP contribution < -0.4 is 16.0 Å². The zero-order chi connectivity index (χ0) is 13.7. The van der Waals surface area contributed by atoms with E-state index in [0.717, 1.165) is 4.47 Å². The normalized spacial score (nSPS) is 10.2. The molecule has 7 heteroatoms. The molecule has 0 aliphatic rings. The molecule has 6 nitrogen and oxygen atoms in total. The number of hydrogen-bond donors (Lipinski definition) is 2. The molecule has 3 N–H and O–H groups in total. The summed E-state index contributed by atoms with van der Waals surface area (Å²) in [6.07, 6.45) is 3.60. The first-order valence-corrected chi connectivity index (χ1v) is 6.40. The molecule has 0 saturated heterocycles. The number of benzene rings is 1. The minimum Gasteiger partial charge on any atom is -0.492 e. The molecule has 0 fully saturated rings. The Hall–Kier alpha value is -1.86. The van der Waals surface area contributed by atoms with E-state index < -0.39 is 0 Å². The van der Waals surface area contributed by atoms with Crippen LogP contribution in [-0.2, 0) is 6.54 Å². The number of carbonyl (C=O) groups excluding carboxylic acids is 1. The van der Waals surface area contributed by atoms with Gasteiger partial charge in [0.05, 0.1) is 17.2 Å². The summed E-state index contributed by atoms with van der Waals surface area (Å²) >= 11 is 3.33. The summed E-state index contributed by atoms with van der Waals surface area (Å²) in [5, 5.41) is 4.12. The third-order valence-electron chi connectivity index (χ3n) is 2.44. The van der Waals surface area contributed by atoms with Gasteiger partial charge < -0.3 is 4.74 Å². The highest BCUT2D eigenvalue weighted by Crippen LogP contribution is 2.12. The number of aromatic nitrogens is 2. The maximum absolute atomic E-state index is 11.2. The van der Waals surface area contributed by atoms with Crippen molar-refractivity contribution < 1.29 is 9.53 Å². The second kappa shape index (κ2) is 6.35. The molecule has 1 aromatic heterocycles. The van der Waals surface area contributed by atoms with Gasteiger partial charge in [0.25, 0.3) is 5.91 Å². The molecule has 2 rings (SSSR count). The zero-order valence-corrected chi connectivity index (χ0v) is 11.6. The van der Waals surface area contributed by atoms with E-state index in [2.05, 4.69) is 26.5 Å². The fourth-order valence-corrected chi connectivity index (χ4v) is 1.83. The van der Waals surface area contributed by atoms with Crippen LogP contribution in [0.5, 0.6) is 5.75 Å². The van der Waals surface area contributed by atoms with Gasteiger partial charge in [-0.2, -0.15) is 5.10 Å². The number of nitrogens with two attached hydrogens (primary N) is 1. The lowest BCUT2D eigenvalue weighted by molar-refractivity contribution is 0.0953. The number of hydrazine groups is 1. The lowest BCUT2D eigenvalue weighted by Gasteiger charge is -2.07. The second-order valence-corrected chi connectivity index (χ2v) is 4.68. The van der Waals surface area contributed by atoms with Crippen molar-refractivity contribution in [2.45, 2.75) is 6.54 Å². The Morgan fingerprint density at radius 3 is 2.74 bits per heavy atom. The average molecular weight is 325 g/mol. The van der Waals surface area contributed by atoms with Gasteiger partial charge in [0.2, 0.25) is 0 Å². The Bertz CT molecular complexity index is 553. The highest BCUT2D eigenvalue weighted by Gasteiger charge is 2.03. The molecule has 0 aliphatic heterocycles. The van der Waals surface area contributed by atoms with Gasteiger partial charge in [-0.05, 0) is 40.2 Å². The summed E-state index contributed by atoms with van der Waals surface area (Å²) in [5.41, 5.74) is 2.56. The van der Waals surface area contributed by atoms with Gasteiger partial charge in [-0.1, -0.05) is 0 Å². The second-order valence-electron chi connectivity index (χ2n) is 3.77. The molecule has 0 saturated carbocycles. The monoisotopic (exact) mass is 324 g/mol. The van der Waals surface area contributed by atoms with Gasteiger partial charge in [0.15, 0.2) is 0 Å². The SMILES string of the molecule is NNC(=O)c1ccc(OCCn2cc(Br)cn2)cc1. The van der Waals surface area contributed by atoms with Crippen molar-refractivity contribution >= 4 is 21.8 Å². The summed E-state index contributed by atoms with van der Waals surface area (Å²) < 4.78 is 8.26. The van der Waals surface area contributed by atoms with Crippen molar-refractivity contribution in [1.82, 2.24) is 15.2 Å². The van der Waals surface area contributed by atoms with Crippen LogP contribution in [0, 0.1) is 0 Å². The van der Waals surface area contributed by atoms with E-state index in [1.807, 2.05) is 6.20 Å².